The predicted octanol–water partition coefficient (Wildman–Crippen LogP) is 5.43. The average Bonchev–Trinajstić information content (AvgIpc) is 2.84. The molecule has 0 radical (unpaired) electrons. The zero-order valence-corrected chi connectivity index (χ0v) is 24.9. The monoisotopic (exact) mass is 549 g/mol. The Balaban J connectivity index is 2.29. The molecule has 0 unspecified atom stereocenters. The van der Waals surface area contributed by atoms with Gasteiger partial charge in [0.25, 0.3) is 5.91 Å². The van der Waals surface area contributed by atoms with Crippen LogP contribution >= 0.6 is 18.9 Å². The van der Waals surface area contributed by atoms with E-state index in [0.717, 1.165) is 54.1 Å². The molecule has 2 aromatic rings. The minimum Gasteiger partial charge on any atom is -0.496 e. The highest BCUT2D eigenvalue weighted by Crippen LogP contribution is 2.36. The van der Waals surface area contributed by atoms with Crippen molar-refractivity contribution >= 4 is 36.6 Å². The van der Waals surface area contributed by atoms with Gasteiger partial charge < -0.3 is 25.7 Å². The van der Waals surface area contributed by atoms with Crippen LogP contribution in [0.25, 0.3) is 0 Å². The van der Waals surface area contributed by atoms with E-state index in [4.69, 9.17) is 10.5 Å². The molecule has 1 amide bonds. The predicted molar refractivity (Wildman–Crippen MR) is 158 cm³/mol. The molecule has 0 spiro atoms. The number of aryl methyl sites for hydroxylation is 1. The number of nitrogens with one attached hydrogen (secondary N) is 2. The number of anilines is 2. The van der Waals surface area contributed by atoms with Gasteiger partial charge in [-0.25, -0.2) is 4.98 Å². The van der Waals surface area contributed by atoms with Crippen LogP contribution in [-0.2, 0) is 11.0 Å². The lowest BCUT2D eigenvalue weighted by Gasteiger charge is -2.22. The van der Waals surface area contributed by atoms with Crippen molar-refractivity contribution in [1.82, 2.24) is 15.3 Å². The van der Waals surface area contributed by atoms with Gasteiger partial charge >= 0.3 is 0 Å². The second-order valence-corrected chi connectivity index (χ2v) is 14.5. The second kappa shape index (κ2) is 15.2. The highest BCUT2D eigenvalue weighted by atomic mass is 32.2. The molecular weight excluding hydrogens is 505 g/mol. The maximum absolute atomic E-state index is 12.8. The zero-order chi connectivity index (χ0) is 27.4. The largest absolute Gasteiger partial charge is 0.496 e. The number of benzene rings is 1. The maximum atomic E-state index is 12.8. The summed E-state index contributed by atoms with van der Waals surface area (Å²) in [7, 11) is -0.461. The van der Waals surface area contributed by atoms with Gasteiger partial charge in [0.05, 0.1) is 14.3 Å². The van der Waals surface area contributed by atoms with E-state index in [9.17, 15) is 9.36 Å². The Morgan fingerprint density at radius 2 is 1.97 bits per heavy atom. The number of carbonyl (C=O) groups excluding carboxylic acids is 1. The van der Waals surface area contributed by atoms with Crippen LogP contribution in [-0.4, -0.2) is 67.1 Å². The molecule has 0 fully saturated rings. The number of aromatic nitrogens is 2. The molecule has 10 heteroatoms. The number of thioether (sulfide) groups is 1. The van der Waals surface area contributed by atoms with Crippen molar-refractivity contribution < 1.29 is 14.1 Å². The molecule has 0 aliphatic rings. The van der Waals surface area contributed by atoms with Crippen molar-refractivity contribution in [3.05, 3.63) is 40.6 Å². The van der Waals surface area contributed by atoms with Crippen LogP contribution in [0.5, 0.6) is 5.75 Å². The molecule has 1 heterocycles. The van der Waals surface area contributed by atoms with Crippen molar-refractivity contribution in [3.63, 3.8) is 0 Å². The number of nitrogens with two attached hydrogens (primary N) is 1. The number of hydrogen-bond donors (Lipinski definition) is 3. The van der Waals surface area contributed by atoms with Crippen LogP contribution in [0, 0.1) is 6.92 Å². The quantitative estimate of drug-likeness (QED) is 0.187. The van der Waals surface area contributed by atoms with Crippen molar-refractivity contribution in [1.29, 1.82) is 0 Å². The Hall–Kier alpha value is -2.25. The normalized spacial score (nSPS) is 12.3. The molecule has 0 saturated carbocycles. The summed E-state index contributed by atoms with van der Waals surface area (Å²) >= 11 is 1.84. The lowest BCUT2D eigenvalue weighted by molar-refractivity contribution is 0.0953. The van der Waals surface area contributed by atoms with Gasteiger partial charge in [-0.1, -0.05) is 19.8 Å². The van der Waals surface area contributed by atoms with Gasteiger partial charge in [-0.05, 0) is 75.3 Å². The average molecular weight is 550 g/mol. The summed E-state index contributed by atoms with van der Waals surface area (Å²) in [5.41, 5.74) is 9.21. The minimum absolute atomic E-state index is 0.161. The first kappa shape index (κ1) is 31.0. The van der Waals surface area contributed by atoms with Crippen molar-refractivity contribution in [2.24, 2.45) is 0 Å². The van der Waals surface area contributed by atoms with Crippen LogP contribution in [0.1, 0.15) is 66.2 Å². The molecule has 0 saturated heterocycles. The molecule has 2 rings (SSSR count). The van der Waals surface area contributed by atoms with Crippen LogP contribution in [0.2, 0.25) is 0 Å². The van der Waals surface area contributed by atoms with Crippen LogP contribution in [0.4, 0.5) is 11.8 Å². The Labute approximate surface area is 226 Å². The summed E-state index contributed by atoms with van der Waals surface area (Å²) in [4.78, 5) is 21.8. The molecule has 0 aliphatic carbocycles. The summed E-state index contributed by atoms with van der Waals surface area (Å²) in [5, 5.41) is 6.59. The lowest BCUT2D eigenvalue weighted by Crippen LogP contribution is -2.25. The first-order chi connectivity index (χ1) is 17.6. The third-order valence-electron chi connectivity index (χ3n) is 6.22. The number of rotatable bonds is 16. The molecule has 4 N–H and O–H groups in total. The summed E-state index contributed by atoms with van der Waals surface area (Å²) in [5.74, 6) is 2.59. The number of nitrogen functional groups attached to an aromatic ring is 1. The van der Waals surface area contributed by atoms with Crippen LogP contribution in [0.15, 0.2) is 18.2 Å². The minimum atomic E-state index is -2.09. The second-order valence-electron chi connectivity index (χ2n) is 9.87. The molecule has 1 aromatic carbocycles. The lowest BCUT2D eigenvalue weighted by atomic mass is 9.99. The van der Waals surface area contributed by atoms with E-state index in [1.165, 1.54) is 0 Å². The summed E-state index contributed by atoms with van der Waals surface area (Å²) in [6, 6.07) is 5.73. The highest BCUT2D eigenvalue weighted by Gasteiger charge is 2.19. The molecule has 1 aromatic heterocycles. The van der Waals surface area contributed by atoms with Crippen molar-refractivity contribution in [2.45, 2.75) is 58.4 Å². The van der Waals surface area contributed by atoms with Gasteiger partial charge in [-0.2, -0.15) is 16.7 Å². The van der Waals surface area contributed by atoms with Gasteiger partial charge in [0, 0.05) is 42.0 Å². The van der Waals surface area contributed by atoms with Gasteiger partial charge in [0.1, 0.15) is 11.6 Å². The zero-order valence-electron chi connectivity index (χ0n) is 23.2. The van der Waals surface area contributed by atoms with E-state index in [1.807, 2.05) is 30.8 Å². The van der Waals surface area contributed by atoms with Crippen LogP contribution < -0.4 is 21.1 Å². The van der Waals surface area contributed by atoms with Gasteiger partial charge in [-0.15, -0.1) is 0 Å². The molecule has 206 valence electrons. The van der Waals surface area contributed by atoms with E-state index >= 15 is 0 Å². The van der Waals surface area contributed by atoms with E-state index in [0.29, 0.717) is 42.9 Å². The van der Waals surface area contributed by atoms with Gasteiger partial charge in [0.2, 0.25) is 5.95 Å². The fourth-order valence-electron chi connectivity index (χ4n) is 4.15. The van der Waals surface area contributed by atoms with Crippen molar-refractivity contribution in [3.8, 4) is 5.75 Å². The molecule has 37 heavy (non-hydrogen) atoms. The first-order valence-electron chi connectivity index (χ1n) is 13.0. The Bertz CT molecular complexity index is 1070. The first-order valence-corrected chi connectivity index (χ1v) is 17.1. The summed E-state index contributed by atoms with van der Waals surface area (Å²) < 4.78 is 17.5. The smallest absolute Gasteiger partial charge is 0.251 e. The Morgan fingerprint density at radius 3 is 2.62 bits per heavy atom. The third kappa shape index (κ3) is 10.6. The van der Waals surface area contributed by atoms with Crippen molar-refractivity contribution in [2.75, 3.05) is 56.2 Å². The number of amides is 1. The maximum Gasteiger partial charge on any atom is 0.251 e. The Morgan fingerprint density at radius 1 is 1.22 bits per heavy atom. The number of carbonyl (C=O) groups is 1. The standard InChI is InChI=1S/C27H44N5O3PS/c1-7-8-10-22(13-16-37-6)31-25-23(19(2)30-27(28)32-25)18-21-17-20(11-12-24(21)35-3)26(33)29-14-9-15-36(4,5)34/h11-12,17,22H,7-10,13-16,18H2,1-6H3,(H,29,33)(H3,28,30,31,32)/t22-/m0/s1. The molecule has 0 aliphatic heterocycles. The highest BCUT2D eigenvalue weighted by molar-refractivity contribution is 7.98. The third-order valence-corrected chi connectivity index (χ3v) is 8.25. The van der Waals surface area contributed by atoms with E-state index in [2.05, 4.69) is 33.8 Å². The van der Waals surface area contributed by atoms with E-state index in [-0.39, 0.29) is 11.9 Å². The summed E-state index contributed by atoms with van der Waals surface area (Å²) in [6.07, 6.45) is 8.29. The van der Waals surface area contributed by atoms with Crippen LogP contribution in [0.3, 0.4) is 0 Å². The molecule has 1 atom stereocenters. The fourth-order valence-corrected chi connectivity index (χ4v) is 5.59. The topological polar surface area (TPSA) is 119 Å². The van der Waals surface area contributed by atoms with E-state index in [1.54, 1.807) is 26.5 Å². The molecular formula is C27H44N5O3PS. The molecule has 0 bridgehead atoms. The number of ether oxygens (including phenoxy) is 1. The Kier molecular flexibility index (Phi) is 12.7. The van der Waals surface area contributed by atoms with E-state index < -0.39 is 7.14 Å². The molecule has 8 nitrogen and oxygen atoms in total. The van der Waals surface area contributed by atoms with Gasteiger partial charge in [0.15, 0.2) is 0 Å². The number of hydrogen-bond acceptors (Lipinski definition) is 8. The summed E-state index contributed by atoms with van der Waals surface area (Å²) in [6.45, 7) is 8.16. The number of unbranched alkanes of at least 4 members (excludes halogenated alkanes) is 1. The number of methoxy groups -OCH3 is 1. The fraction of sp³-hybridized carbons (Fsp3) is 0.593. The number of nitrogens with zero attached hydrogens (tertiary/aromatic N) is 2. The SMILES string of the molecule is CCCC[C@@H](CCSC)Nc1nc(N)nc(C)c1Cc1cc(C(=O)NCCCP(C)(C)=O)ccc1OC. The van der Waals surface area contributed by atoms with Gasteiger partial charge in [-0.3, -0.25) is 4.79 Å².